The fourth-order valence-corrected chi connectivity index (χ4v) is 5.05. The first-order valence-corrected chi connectivity index (χ1v) is 10.6. The predicted octanol–water partition coefficient (Wildman–Crippen LogP) is 6.59. The lowest BCUT2D eigenvalue weighted by molar-refractivity contribution is 0.121. The molecule has 31 heavy (non-hydrogen) atoms. The number of methoxy groups -OCH3 is 1. The number of hydrogen-bond acceptors (Lipinski definition) is 3. The van der Waals surface area contributed by atoms with E-state index < -0.39 is 6.16 Å². The first-order chi connectivity index (χ1) is 15.1. The van der Waals surface area contributed by atoms with E-state index in [0.717, 1.165) is 12.8 Å². The van der Waals surface area contributed by atoms with Gasteiger partial charge in [0.1, 0.15) is 5.75 Å². The summed E-state index contributed by atoms with van der Waals surface area (Å²) in [5.74, 6) is 0.471. The van der Waals surface area contributed by atoms with Crippen molar-refractivity contribution in [3.05, 3.63) is 118 Å². The Hall–Kier alpha value is -3.59. The Kier molecular flexibility index (Phi) is 4.74. The van der Waals surface area contributed by atoms with Crippen LogP contribution in [0.2, 0.25) is 0 Å². The molecule has 0 heterocycles. The van der Waals surface area contributed by atoms with E-state index in [1.54, 1.807) is 0 Å². The highest BCUT2D eigenvalue weighted by Gasteiger charge is 2.47. The van der Waals surface area contributed by atoms with E-state index in [-0.39, 0.29) is 5.41 Å². The van der Waals surface area contributed by atoms with Crippen LogP contribution in [0.25, 0.3) is 5.57 Å². The zero-order chi connectivity index (χ0) is 21.4. The molecule has 0 amide bonds. The SMILES string of the molecule is COC(=O)Oc1ccc(C2(c3ccc(C)cc3)C3=C(C=CCC3)c3ccccc32)cc1. The van der Waals surface area contributed by atoms with Gasteiger partial charge in [0.2, 0.25) is 0 Å². The van der Waals surface area contributed by atoms with Gasteiger partial charge >= 0.3 is 6.16 Å². The first-order valence-electron chi connectivity index (χ1n) is 10.6. The van der Waals surface area contributed by atoms with Crippen LogP contribution in [0, 0.1) is 6.92 Å². The van der Waals surface area contributed by atoms with Gasteiger partial charge in [-0.3, -0.25) is 0 Å². The largest absolute Gasteiger partial charge is 0.513 e. The smallest absolute Gasteiger partial charge is 0.437 e. The number of carbonyl (C=O) groups excluding carboxylic acids is 1. The maximum Gasteiger partial charge on any atom is 0.513 e. The normalized spacial score (nSPS) is 19.0. The summed E-state index contributed by atoms with van der Waals surface area (Å²) in [6.45, 7) is 2.12. The lowest BCUT2D eigenvalue weighted by atomic mass is 9.65. The van der Waals surface area contributed by atoms with E-state index in [0.29, 0.717) is 5.75 Å². The van der Waals surface area contributed by atoms with Gasteiger partial charge in [-0.15, -0.1) is 0 Å². The van der Waals surface area contributed by atoms with Crippen LogP contribution in [0.5, 0.6) is 5.75 Å². The number of fused-ring (bicyclic) bond motifs is 2. The number of ether oxygens (including phenoxy) is 2. The third kappa shape index (κ3) is 3.00. The molecule has 154 valence electrons. The summed E-state index contributed by atoms with van der Waals surface area (Å²) in [4.78, 5) is 11.5. The molecule has 0 spiro atoms. The molecule has 2 aliphatic carbocycles. The Morgan fingerprint density at radius 1 is 0.903 bits per heavy atom. The van der Waals surface area contributed by atoms with Gasteiger partial charge < -0.3 is 9.47 Å². The monoisotopic (exact) mass is 408 g/mol. The van der Waals surface area contributed by atoms with Crippen LogP contribution in [0.1, 0.15) is 40.7 Å². The lowest BCUT2D eigenvalue weighted by Gasteiger charge is -2.36. The molecule has 3 aromatic rings. The molecular weight excluding hydrogens is 384 g/mol. The van der Waals surface area contributed by atoms with Gasteiger partial charge in [-0.1, -0.05) is 78.4 Å². The standard InChI is InChI=1S/C28H24O3/c1-19-11-13-20(14-12-19)28(21-15-17-22(18-16-21)31-27(29)30-2)25-9-5-3-7-23(25)24-8-4-6-10-26(24)28/h3-5,7-9,11-18H,6,10H2,1-2H3. The van der Waals surface area contributed by atoms with Crippen molar-refractivity contribution in [3.63, 3.8) is 0 Å². The van der Waals surface area contributed by atoms with Gasteiger partial charge in [0.05, 0.1) is 12.5 Å². The predicted molar refractivity (Wildman–Crippen MR) is 122 cm³/mol. The van der Waals surface area contributed by atoms with E-state index >= 15 is 0 Å². The molecule has 0 N–H and O–H groups in total. The first kappa shape index (κ1) is 19.4. The second kappa shape index (κ2) is 7.59. The van der Waals surface area contributed by atoms with Gasteiger partial charge in [-0.2, -0.15) is 0 Å². The van der Waals surface area contributed by atoms with Crippen LogP contribution in [-0.4, -0.2) is 13.3 Å². The van der Waals surface area contributed by atoms with E-state index in [1.807, 2.05) is 12.1 Å². The second-order valence-corrected chi connectivity index (χ2v) is 8.08. The fraction of sp³-hybridized carbons (Fsp3) is 0.179. The van der Waals surface area contributed by atoms with Crippen molar-refractivity contribution in [1.82, 2.24) is 0 Å². The van der Waals surface area contributed by atoms with E-state index in [2.05, 4.69) is 84.5 Å². The van der Waals surface area contributed by atoms with Gasteiger partial charge in [0.15, 0.2) is 0 Å². The highest BCUT2D eigenvalue weighted by molar-refractivity contribution is 5.90. The molecule has 0 saturated carbocycles. The number of allylic oxidation sites excluding steroid dienone is 4. The molecule has 3 aromatic carbocycles. The number of aryl methyl sites for hydroxylation is 1. The van der Waals surface area contributed by atoms with Crippen LogP contribution in [0.4, 0.5) is 4.79 Å². The molecule has 0 fully saturated rings. The Balaban J connectivity index is 1.76. The molecule has 3 nitrogen and oxygen atoms in total. The number of rotatable bonds is 3. The van der Waals surface area contributed by atoms with Crippen molar-refractivity contribution in [2.75, 3.05) is 7.11 Å². The van der Waals surface area contributed by atoms with E-state index in [4.69, 9.17) is 4.74 Å². The zero-order valence-corrected chi connectivity index (χ0v) is 17.7. The molecule has 0 aromatic heterocycles. The topological polar surface area (TPSA) is 35.5 Å². The van der Waals surface area contributed by atoms with Crippen molar-refractivity contribution >= 4 is 11.7 Å². The average molecular weight is 408 g/mol. The lowest BCUT2D eigenvalue weighted by Crippen LogP contribution is -2.30. The van der Waals surface area contributed by atoms with Crippen molar-refractivity contribution in [1.29, 1.82) is 0 Å². The summed E-state index contributed by atoms with van der Waals surface area (Å²) in [5, 5.41) is 0. The van der Waals surface area contributed by atoms with Gasteiger partial charge in [0.25, 0.3) is 0 Å². The highest BCUT2D eigenvalue weighted by Crippen LogP contribution is 2.57. The van der Waals surface area contributed by atoms with Crippen molar-refractivity contribution < 1.29 is 14.3 Å². The quantitative estimate of drug-likeness (QED) is 0.362. The molecule has 0 aliphatic heterocycles. The molecule has 0 bridgehead atoms. The van der Waals surface area contributed by atoms with Crippen molar-refractivity contribution in [3.8, 4) is 5.75 Å². The van der Waals surface area contributed by atoms with Crippen LogP contribution in [0.15, 0.2) is 90.5 Å². The third-order valence-corrected chi connectivity index (χ3v) is 6.38. The Morgan fingerprint density at radius 3 is 2.29 bits per heavy atom. The van der Waals surface area contributed by atoms with Gasteiger partial charge in [-0.05, 0) is 65.3 Å². The van der Waals surface area contributed by atoms with Crippen LogP contribution in [-0.2, 0) is 10.2 Å². The van der Waals surface area contributed by atoms with Crippen molar-refractivity contribution in [2.24, 2.45) is 0 Å². The van der Waals surface area contributed by atoms with Crippen LogP contribution >= 0.6 is 0 Å². The minimum Gasteiger partial charge on any atom is -0.437 e. The van der Waals surface area contributed by atoms with Crippen LogP contribution < -0.4 is 4.74 Å². The second-order valence-electron chi connectivity index (χ2n) is 8.08. The Labute approximate surface area is 182 Å². The third-order valence-electron chi connectivity index (χ3n) is 6.38. The maximum atomic E-state index is 11.5. The highest BCUT2D eigenvalue weighted by atomic mass is 16.7. The summed E-state index contributed by atoms with van der Waals surface area (Å²) < 4.78 is 9.85. The Bertz CT molecular complexity index is 1200. The van der Waals surface area contributed by atoms with E-state index in [1.165, 1.54) is 46.1 Å². The summed E-state index contributed by atoms with van der Waals surface area (Å²) in [5.41, 5.74) is 8.66. The summed E-state index contributed by atoms with van der Waals surface area (Å²) in [7, 11) is 1.31. The molecule has 3 heteroatoms. The molecule has 2 aliphatic rings. The van der Waals surface area contributed by atoms with Gasteiger partial charge in [-0.25, -0.2) is 4.79 Å². The molecule has 5 rings (SSSR count). The number of carbonyl (C=O) groups is 1. The van der Waals surface area contributed by atoms with Gasteiger partial charge in [0, 0.05) is 0 Å². The molecule has 1 atom stereocenters. The summed E-state index contributed by atoms with van der Waals surface area (Å²) in [6, 6.07) is 25.4. The molecular formula is C28H24O3. The number of benzene rings is 3. The Morgan fingerprint density at radius 2 is 1.58 bits per heavy atom. The molecule has 1 unspecified atom stereocenters. The van der Waals surface area contributed by atoms with Crippen LogP contribution in [0.3, 0.4) is 0 Å². The minimum atomic E-state index is -0.713. The minimum absolute atomic E-state index is 0.367. The molecule has 0 saturated heterocycles. The zero-order valence-electron chi connectivity index (χ0n) is 17.7. The fourth-order valence-electron chi connectivity index (χ4n) is 5.05. The van der Waals surface area contributed by atoms with Crippen molar-refractivity contribution in [2.45, 2.75) is 25.2 Å². The summed E-state index contributed by atoms with van der Waals surface area (Å²) >= 11 is 0. The summed E-state index contributed by atoms with van der Waals surface area (Å²) in [6.07, 6.45) is 5.88. The van der Waals surface area contributed by atoms with E-state index in [9.17, 15) is 4.79 Å². The molecule has 0 radical (unpaired) electrons. The average Bonchev–Trinajstić information content (AvgIpc) is 3.11. The number of hydrogen-bond donors (Lipinski definition) is 0. The maximum absolute atomic E-state index is 11.5.